The van der Waals surface area contributed by atoms with E-state index in [2.05, 4.69) is 16.0 Å². The number of esters is 1. The Labute approximate surface area is 209 Å². The third-order valence-corrected chi connectivity index (χ3v) is 5.78. The number of ether oxygens (including phenoxy) is 4. The fourth-order valence-electron chi connectivity index (χ4n) is 3.92. The van der Waals surface area contributed by atoms with E-state index in [0.717, 1.165) is 12.1 Å². The lowest BCUT2D eigenvalue weighted by Gasteiger charge is -2.20. The van der Waals surface area contributed by atoms with Crippen molar-refractivity contribution in [1.29, 1.82) is 0 Å². The summed E-state index contributed by atoms with van der Waals surface area (Å²) in [4.78, 5) is 24.0. The highest BCUT2D eigenvalue weighted by atomic mass is 32.1. The number of amides is 1. The summed E-state index contributed by atoms with van der Waals surface area (Å²) in [5, 5.41) is 8.63. The first kappa shape index (κ1) is 25.7. The Balaban J connectivity index is 1.29. The van der Waals surface area contributed by atoms with Gasteiger partial charge in [-0.25, -0.2) is 9.59 Å². The maximum Gasteiger partial charge on any atom is 0.416 e. The maximum absolute atomic E-state index is 12.9. The molecule has 13 heteroatoms. The van der Waals surface area contributed by atoms with Crippen LogP contribution < -0.4 is 16.0 Å². The largest absolute Gasteiger partial charge is 0.465 e. The van der Waals surface area contributed by atoms with Crippen LogP contribution in [0.25, 0.3) is 0 Å². The minimum absolute atomic E-state index is 0.0465. The van der Waals surface area contributed by atoms with E-state index in [-0.39, 0.29) is 30.1 Å². The first-order valence-corrected chi connectivity index (χ1v) is 11.2. The number of fused-ring (bicyclic) bond motifs is 1. The van der Waals surface area contributed by atoms with Gasteiger partial charge in [0, 0.05) is 11.4 Å². The van der Waals surface area contributed by atoms with Crippen LogP contribution >= 0.6 is 12.2 Å². The summed E-state index contributed by atoms with van der Waals surface area (Å²) in [6.07, 6.45) is -7.28. The van der Waals surface area contributed by atoms with Gasteiger partial charge < -0.3 is 29.6 Å². The Kier molecular flexibility index (Phi) is 7.62. The highest BCUT2D eigenvalue weighted by Gasteiger charge is 2.49. The maximum atomic E-state index is 12.9. The first-order valence-electron chi connectivity index (χ1n) is 10.8. The fourth-order valence-corrected chi connectivity index (χ4v) is 4.19. The van der Waals surface area contributed by atoms with Gasteiger partial charge in [-0.05, 0) is 48.6 Å². The molecule has 0 unspecified atom stereocenters. The summed E-state index contributed by atoms with van der Waals surface area (Å²) in [6, 6.07) is 10.5. The summed E-state index contributed by atoms with van der Waals surface area (Å²) in [7, 11) is 1.29. The Hall–Kier alpha value is -3.42. The summed E-state index contributed by atoms with van der Waals surface area (Å²) in [5.74, 6) is -0.480. The van der Waals surface area contributed by atoms with E-state index in [1.165, 1.54) is 19.2 Å². The van der Waals surface area contributed by atoms with Crippen molar-refractivity contribution in [3.63, 3.8) is 0 Å². The van der Waals surface area contributed by atoms with Crippen molar-refractivity contribution in [2.24, 2.45) is 0 Å². The molecule has 36 heavy (non-hydrogen) atoms. The van der Waals surface area contributed by atoms with Gasteiger partial charge in [0.1, 0.15) is 12.2 Å². The van der Waals surface area contributed by atoms with Crippen molar-refractivity contribution in [3.8, 4) is 0 Å². The summed E-state index contributed by atoms with van der Waals surface area (Å²) in [6.45, 7) is 0.263. The second kappa shape index (κ2) is 10.7. The van der Waals surface area contributed by atoms with Crippen molar-refractivity contribution in [2.45, 2.75) is 30.5 Å². The van der Waals surface area contributed by atoms with Gasteiger partial charge in [-0.15, -0.1) is 0 Å². The van der Waals surface area contributed by atoms with Crippen LogP contribution in [0, 0.1) is 0 Å². The van der Waals surface area contributed by atoms with E-state index in [4.69, 9.17) is 31.2 Å². The van der Waals surface area contributed by atoms with Crippen LogP contribution in [-0.4, -0.2) is 61.9 Å². The number of hydrogen-bond donors (Lipinski definition) is 3. The summed E-state index contributed by atoms with van der Waals surface area (Å²) < 4.78 is 60.2. The summed E-state index contributed by atoms with van der Waals surface area (Å²) in [5.41, 5.74) is -0.00755. The molecule has 2 fully saturated rings. The minimum atomic E-state index is -4.53. The Bertz CT molecular complexity index is 1150. The van der Waals surface area contributed by atoms with E-state index in [0.29, 0.717) is 11.3 Å². The molecule has 4 rings (SSSR count). The zero-order valence-corrected chi connectivity index (χ0v) is 19.7. The van der Waals surface area contributed by atoms with Crippen molar-refractivity contribution in [3.05, 3.63) is 59.7 Å². The molecule has 0 aromatic heterocycles. The van der Waals surface area contributed by atoms with Gasteiger partial charge >= 0.3 is 18.2 Å². The Morgan fingerprint density at radius 3 is 2.42 bits per heavy atom. The molecular weight excluding hydrogens is 503 g/mol. The van der Waals surface area contributed by atoms with Crippen LogP contribution in [-0.2, 0) is 25.1 Å². The molecule has 1 amide bonds. The molecule has 0 spiro atoms. The zero-order valence-electron chi connectivity index (χ0n) is 18.8. The molecule has 0 radical (unpaired) electrons. The molecule has 192 valence electrons. The number of carbonyl (C=O) groups is 2. The number of hydrogen-bond acceptors (Lipinski definition) is 7. The molecule has 3 N–H and O–H groups in total. The number of rotatable bonds is 5. The predicted molar refractivity (Wildman–Crippen MR) is 126 cm³/mol. The normalized spacial score (nSPS) is 22.9. The highest BCUT2D eigenvalue weighted by molar-refractivity contribution is 7.80. The van der Waals surface area contributed by atoms with E-state index in [1.807, 2.05) is 0 Å². The van der Waals surface area contributed by atoms with Crippen LogP contribution in [0.15, 0.2) is 48.5 Å². The number of halogens is 3. The van der Waals surface area contributed by atoms with E-state index < -0.39 is 42.1 Å². The van der Waals surface area contributed by atoms with Crippen molar-refractivity contribution < 1.29 is 41.7 Å². The van der Waals surface area contributed by atoms with Gasteiger partial charge in [-0.2, -0.15) is 13.2 Å². The van der Waals surface area contributed by atoms with Crippen molar-refractivity contribution in [2.75, 3.05) is 31.0 Å². The van der Waals surface area contributed by atoms with E-state index >= 15 is 0 Å². The predicted octanol–water partition coefficient (Wildman–Crippen LogP) is 3.56. The first-order chi connectivity index (χ1) is 17.1. The highest BCUT2D eigenvalue weighted by Crippen LogP contribution is 2.31. The van der Waals surface area contributed by atoms with Crippen LogP contribution in [0.3, 0.4) is 0 Å². The molecule has 2 aromatic rings. The summed E-state index contributed by atoms with van der Waals surface area (Å²) >= 11 is 5.35. The molecule has 2 saturated heterocycles. The molecule has 2 aromatic carbocycles. The number of thiocarbonyl (C=S) groups is 1. The Morgan fingerprint density at radius 1 is 1.00 bits per heavy atom. The lowest BCUT2D eigenvalue weighted by molar-refractivity contribution is -0.137. The number of carbonyl (C=O) groups excluding carboxylic acids is 2. The Morgan fingerprint density at radius 2 is 1.69 bits per heavy atom. The van der Waals surface area contributed by atoms with Gasteiger partial charge in [-0.3, -0.25) is 5.32 Å². The second-order valence-electron chi connectivity index (χ2n) is 8.02. The lowest BCUT2D eigenvalue weighted by atomic mass is 10.1. The number of anilines is 2. The van der Waals surface area contributed by atoms with E-state index in [1.54, 1.807) is 24.3 Å². The van der Waals surface area contributed by atoms with Gasteiger partial charge in [0.2, 0.25) is 0 Å². The average Bonchev–Trinajstić information content (AvgIpc) is 3.41. The third kappa shape index (κ3) is 6.04. The monoisotopic (exact) mass is 525 g/mol. The van der Waals surface area contributed by atoms with Crippen LogP contribution in [0.4, 0.5) is 29.3 Å². The average molecular weight is 526 g/mol. The second-order valence-corrected chi connectivity index (χ2v) is 8.43. The molecule has 0 bridgehead atoms. The molecule has 0 aliphatic carbocycles. The smallest absolute Gasteiger partial charge is 0.416 e. The molecule has 0 saturated carbocycles. The van der Waals surface area contributed by atoms with Gasteiger partial charge in [0.25, 0.3) is 0 Å². The van der Waals surface area contributed by atoms with Gasteiger partial charge in [-0.1, -0.05) is 12.1 Å². The number of methoxy groups -OCH3 is 1. The number of nitrogens with one attached hydrogen (secondary N) is 3. The van der Waals surface area contributed by atoms with Crippen LogP contribution in [0.1, 0.15) is 15.9 Å². The van der Waals surface area contributed by atoms with Gasteiger partial charge in [0.15, 0.2) is 11.2 Å². The standard InChI is InChI=1S/C23H22F3N3O6S/c1-32-20(30)12-4-2-6-14(8-12)27-21(36)29-16-10-33-19-17(11-34-18(16)19)35-22(31)28-15-7-3-5-13(9-15)23(24,25)26/h2-9,16-19H,10-11H2,1H3,(H,28,31)(H2,27,29,36)/t16-,17+,18+,19+/m0/s1. The third-order valence-electron chi connectivity index (χ3n) is 5.56. The van der Waals surface area contributed by atoms with Crippen LogP contribution in [0.5, 0.6) is 0 Å². The number of benzene rings is 2. The molecular formula is C23H22F3N3O6S. The van der Waals surface area contributed by atoms with Crippen molar-refractivity contribution in [1.82, 2.24) is 5.32 Å². The number of alkyl halides is 3. The zero-order chi connectivity index (χ0) is 25.9. The van der Waals surface area contributed by atoms with Crippen molar-refractivity contribution >= 4 is 40.8 Å². The molecule has 2 aliphatic heterocycles. The SMILES string of the molecule is COC(=O)c1cccc(NC(=S)N[C@H]2CO[C@H]3[C@@H]2OC[C@H]3OC(=O)Nc2cccc(C(F)(F)F)c2)c1. The lowest BCUT2D eigenvalue weighted by Crippen LogP contribution is -2.46. The molecule has 4 atom stereocenters. The van der Waals surface area contributed by atoms with Gasteiger partial charge in [0.05, 0.1) is 37.5 Å². The topological polar surface area (TPSA) is 107 Å². The van der Waals surface area contributed by atoms with E-state index in [9.17, 15) is 22.8 Å². The van der Waals surface area contributed by atoms with Crippen LogP contribution in [0.2, 0.25) is 0 Å². The molecule has 9 nitrogen and oxygen atoms in total. The molecule has 2 aliphatic rings. The fraction of sp³-hybridized carbons (Fsp3) is 0.348. The minimum Gasteiger partial charge on any atom is -0.465 e. The molecule has 2 heterocycles. The quantitative estimate of drug-likeness (QED) is 0.399.